The Balaban J connectivity index is 2.01. The average molecular weight is 258 g/mol. The Morgan fingerprint density at radius 2 is 2.00 bits per heavy atom. The van der Waals surface area contributed by atoms with E-state index in [0.717, 1.165) is 17.7 Å². The molecule has 92 valence electrons. The highest BCUT2D eigenvalue weighted by Crippen LogP contribution is 2.34. The van der Waals surface area contributed by atoms with Gasteiger partial charge in [-0.2, -0.15) is 0 Å². The van der Waals surface area contributed by atoms with E-state index in [1.807, 2.05) is 30.3 Å². The maximum Gasteiger partial charge on any atom is 0.171 e. The second-order valence-corrected chi connectivity index (χ2v) is 5.04. The van der Waals surface area contributed by atoms with Crippen LogP contribution >= 0.6 is 12.2 Å². The van der Waals surface area contributed by atoms with Crippen molar-refractivity contribution in [2.45, 2.75) is 18.9 Å². The smallest absolute Gasteiger partial charge is 0.171 e. The van der Waals surface area contributed by atoms with Crippen LogP contribution in [-0.4, -0.2) is 10.9 Å². The van der Waals surface area contributed by atoms with Crippen LogP contribution < -0.4 is 10.6 Å². The van der Waals surface area contributed by atoms with E-state index in [1.165, 1.54) is 0 Å². The molecule has 1 saturated heterocycles. The predicted octanol–water partition coefficient (Wildman–Crippen LogP) is 2.07. The summed E-state index contributed by atoms with van der Waals surface area (Å²) >= 11 is 5.22. The number of ketones is 1. The van der Waals surface area contributed by atoms with E-state index in [1.54, 1.807) is 0 Å². The van der Waals surface area contributed by atoms with Crippen LogP contribution in [0.4, 0.5) is 0 Å². The van der Waals surface area contributed by atoms with E-state index in [0.29, 0.717) is 11.5 Å². The van der Waals surface area contributed by atoms with Crippen molar-refractivity contribution < 1.29 is 4.79 Å². The van der Waals surface area contributed by atoms with E-state index in [2.05, 4.69) is 16.7 Å². The van der Waals surface area contributed by atoms with Crippen molar-refractivity contribution in [1.29, 1.82) is 0 Å². The number of benzene rings is 1. The standard InChI is InChI=1S/C14H14N2OS/c17-11-8-4-7-10-12(11)13(16-14(18)15-10)9-5-2-1-3-6-9/h1-3,5-7,12-13H,4,8H2,(H2,15,16,18). The molecule has 3 rings (SSSR count). The fourth-order valence-electron chi connectivity index (χ4n) is 2.65. The maximum absolute atomic E-state index is 12.2. The molecule has 0 spiro atoms. The third-order valence-electron chi connectivity index (χ3n) is 3.47. The van der Waals surface area contributed by atoms with Crippen molar-refractivity contribution in [3.63, 3.8) is 0 Å². The predicted molar refractivity (Wildman–Crippen MR) is 73.9 cm³/mol. The molecule has 3 nitrogen and oxygen atoms in total. The van der Waals surface area contributed by atoms with E-state index in [4.69, 9.17) is 12.2 Å². The molecular weight excluding hydrogens is 244 g/mol. The van der Waals surface area contributed by atoms with Gasteiger partial charge in [-0.1, -0.05) is 36.4 Å². The topological polar surface area (TPSA) is 41.1 Å². The summed E-state index contributed by atoms with van der Waals surface area (Å²) in [5, 5.41) is 6.93. The molecule has 0 aromatic heterocycles. The summed E-state index contributed by atoms with van der Waals surface area (Å²) in [6, 6.07) is 9.97. The Morgan fingerprint density at radius 3 is 2.78 bits per heavy atom. The molecule has 2 aliphatic rings. The Morgan fingerprint density at radius 1 is 1.22 bits per heavy atom. The lowest BCUT2D eigenvalue weighted by Crippen LogP contribution is -2.51. The van der Waals surface area contributed by atoms with Crippen molar-refractivity contribution in [2.75, 3.05) is 0 Å². The van der Waals surface area contributed by atoms with Crippen LogP contribution in [0.15, 0.2) is 42.1 Å². The molecule has 18 heavy (non-hydrogen) atoms. The van der Waals surface area contributed by atoms with Gasteiger partial charge in [-0.3, -0.25) is 4.79 Å². The first-order chi connectivity index (χ1) is 8.75. The molecule has 2 N–H and O–H groups in total. The highest BCUT2D eigenvalue weighted by Gasteiger charge is 2.38. The van der Waals surface area contributed by atoms with Gasteiger partial charge in [0.1, 0.15) is 5.78 Å². The molecule has 1 aromatic carbocycles. The highest BCUT2D eigenvalue weighted by molar-refractivity contribution is 7.80. The molecule has 2 atom stereocenters. The van der Waals surface area contributed by atoms with E-state index in [9.17, 15) is 4.79 Å². The Labute approximate surface area is 111 Å². The third-order valence-corrected chi connectivity index (χ3v) is 3.69. The molecule has 0 amide bonds. The van der Waals surface area contributed by atoms with Gasteiger partial charge < -0.3 is 10.6 Å². The lowest BCUT2D eigenvalue weighted by Gasteiger charge is -2.37. The summed E-state index contributed by atoms with van der Waals surface area (Å²) in [7, 11) is 0. The number of Topliss-reactive ketones (excluding diaryl/α,β-unsaturated/α-hetero) is 1. The molecule has 0 saturated carbocycles. The molecule has 1 fully saturated rings. The van der Waals surface area contributed by atoms with Crippen LogP contribution in [-0.2, 0) is 4.79 Å². The van der Waals surface area contributed by atoms with Gasteiger partial charge in [0.05, 0.1) is 12.0 Å². The maximum atomic E-state index is 12.2. The zero-order valence-electron chi connectivity index (χ0n) is 9.85. The minimum absolute atomic E-state index is 0.0426. The summed E-state index contributed by atoms with van der Waals surface area (Å²) in [5.41, 5.74) is 2.07. The van der Waals surface area contributed by atoms with Crippen LogP contribution in [0.3, 0.4) is 0 Å². The van der Waals surface area contributed by atoms with E-state index >= 15 is 0 Å². The number of rotatable bonds is 1. The molecule has 1 aromatic rings. The fraction of sp³-hybridized carbons (Fsp3) is 0.286. The summed E-state index contributed by atoms with van der Waals surface area (Å²) < 4.78 is 0. The van der Waals surface area contributed by atoms with Crippen molar-refractivity contribution in [1.82, 2.24) is 10.6 Å². The molecule has 1 heterocycles. The summed E-state index contributed by atoms with van der Waals surface area (Å²) in [5.74, 6) is 0.150. The monoisotopic (exact) mass is 258 g/mol. The Kier molecular flexibility index (Phi) is 2.88. The molecule has 2 unspecified atom stereocenters. The number of hydrogen-bond acceptors (Lipinski definition) is 2. The van der Waals surface area contributed by atoms with E-state index < -0.39 is 0 Å². The lowest BCUT2D eigenvalue weighted by atomic mass is 9.81. The van der Waals surface area contributed by atoms with Gasteiger partial charge in [0.25, 0.3) is 0 Å². The Hall–Kier alpha value is -1.68. The van der Waals surface area contributed by atoms with Gasteiger partial charge in [-0.15, -0.1) is 0 Å². The number of hydrogen-bond donors (Lipinski definition) is 2. The van der Waals surface area contributed by atoms with Crippen LogP contribution in [0.2, 0.25) is 0 Å². The SMILES string of the molecule is O=C1CCC=C2NC(=S)NC(c3ccccc3)C12. The van der Waals surface area contributed by atoms with Gasteiger partial charge in [0, 0.05) is 12.1 Å². The third kappa shape index (κ3) is 1.93. The van der Waals surface area contributed by atoms with Gasteiger partial charge in [0.15, 0.2) is 5.11 Å². The first-order valence-corrected chi connectivity index (χ1v) is 6.52. The molecule has 4 heteroatoms. The minimum Gasteiger partial charge on any atom is -0.355 e. The summed E-state index contributed by atoms with van der Waals surface area (Å²) in [6.45, 7) is 0. The van der Waals surface area contributed by atoms with Crippen molar-refractivity contribution in [3.05, 3.63) is 47.7 Å². The van der Waals surface area contributed by atoms with Crippen molar-refractivity contribution >= 4 is 23.1 Å². The van der Waals surface area contributed by atoms with Gasteiger partial charge >= 0.3 is 0 Å². The lowest BCUT2D eigenvalue weighted by molar-refractivity contribution is -0.123. The minimum atomic E-state index is -0.132. The molecule has 1 aliphatic carbocycles. The average Bonchev–Trinajstić information content (AvgIpc) is 2.39. The van der Waals surface area contributed by atoms with Gasteiger partial charge in [-0.25, -0.2) is 0 Å². The normalized spacial score (nSPS) is 26.8. The number of nitrogens with one attached hydrogen (secondary N) is 2. The summed E-state index contributed by atoms with van der Waals surface area (Å²) in [6.07, 6.45) is 3.52. The number of carbonyl (C=O) groups is 1. The first kappa shape index (κ1) is 11.4. The van der Waals surface area contributed by atoms with Crippen molar-refractivity contribution in [2.24, 2.45) is 5.92 Å². The van der Waals surface area contributed by atoms with Gasteiger partial charge in [-0.05, 0) is 24.2 Å². The molecule has 0 bridgehead atoms. The summed E-state index contributed by atoms with van der Waals surface area (Å²) in [4.78, 5) is 12.2. The van der Waals surface area contributed by atoms with Gasteiger partial charge in [0.2, 0.25) is 0 Å². The quantitative estimate of drug-likeness (QED) is 0.757. The van der Waals surface area contributed by atoms with Crippen molar-refractivity contribution in [3.8, 4) is 0 Å². The number of carbonyl (C=O) groups excluding carboxylic acids is 1. The second-order valence-electron chi connectivity index (χ2n) is 4.63. The number of fused-ring (bicyclic) bond motifs is 1. The Bertz CT molecular complexity index is 524. The van der Waals surface area contributed by atoms with Crippen LogP contribution in [0.25, 0.3) is 0 Å². The van der Waals surface area contributed by atoms with Crippen LogP contribution in [0.5, 0.6) is 0 Å². The highest BCUT2D eigenvalue weighted by atomic mass is 32.1. The largest absolute Gasteiger partial charge is 0.355 e. The molecule has 0 radical (unpaired) electrons. The first-order valence-electron chi connectivity index (χ1n) is 6.11. The zero-order chi connectivity index (χ0) is 12.5. The van der Waals surface area contributed by atoms with Crippen LogP contribution in [0.1, 0.15) is 24.4 Å². The molecule has 1 aliphatic heterocycles. The second kappa shape index (κ2) is 4.53. The number of thiocarbonyl (C=S) groups is 1. The fourth-order valence-corrected chi connectivity index (χ4v) is 2.89. The number of allylic oxidation sites excluding steroid dienone is 1. The van der Waals surface area contributed by atoms with E-state index in [-0.39, 0.29) is 17.7 Å². The molecular formula is C14H14N2OS. The zero-order valence-corrected chi connectivity index (χ0v) is 10.7. The van der Waals surface area contributed by atoms with Crippen LogP contribution in [0, 0.1) is 5.92 Å².